The Kier molecular flexibility index (Phi) is 5.95. The molecule has 0 saturated carbocycles. The predicted molar refractivity (Wildman–Crippen MR) is 144 cm³/mol. The summed E-state index contributed by atoms with van der Waals surface area (Å²) in [5, 5.41) is 14.0. The van der Waals surface area contributed by atoms with Gasteiger partial charge in [0.05, 0.1) is 30.3 Å². The first-order valence-electron chi connectivity index (χ1n) is 12.4. The highest BCUT2D eigenvalue weighted by molar-refractivity contribution is 5.89. The summed E-state index contributed by atoms with van der Waals surface area (Å²) in [5.41, 5.74) is 4.49. The van der Waals surface area contributed by atoms with Gasteiger partial charge >= 0.3 is 0 Å². The van der Waals surface area contributed by atoms with Crippen molar-refractivity contribution in [2.45, 2.75) is 57.7 Å². The molecule has 1 aromatic carbocycles. The lowest BCUT2D eigenvalue weighted by Crippen LogP contribution is -2.62. The Balaban J connectivity index is 1.46. The molecule has 8 nitrogen and oxygen atoms in total. The van der Waals surface area contributed by atoms with Crippen LogP contribution in [0.4, 0.5) is 5.82 Å². The molecule has 4 aromatic rings. The molecule has 1 aliphatic heterocycles. The minimum absolute atomic E-state index is 0.0642. The van der Waals surface area contributed by atoms with Gasteiger partial charge < -0.3 is 19.5 Å². The van der Waals surface area contributed by atoms with Crippen molar-refractivity contribution in [3.8, 4) is 28.3 Å². The molecule has 1 aliphatic rings. The summed E-state index contributed by atoms with van der Waals surface area (Å²) in [7, 11) is 5.75. The summed E-state index contributed by atoms with van der Waals surface area (Å²) in [4.78, 5) is 11.4. The first-order chi connectivity index (χ1) is 17.0. The first-order valence-corrected chi connectivity index (χ1v) is 12.4. The number of aromatic nitrogens is 5. The highest BCUT2D eigenvalue weighted by atomic mass is 16.5. The largest absolute Gasteiger partial charge is 0.496 e. The van der Waals surface area contributed by atoms with E-state index in [1.165, 1.54) is 0 Å². The van der Waals surface area contributed by atoms with Crippen LogP contribution >= 0.6 is 0 Å². The number of nitrogens with zero attached hydrogens (tertiary/aromatic N) is 6. The Hall–Kier alpha value is -3.52. The van der Waals surface area contributed by atoms with Crippen molar-refractivity contribution in [3.63, 3.8) is 0 Å². The number of rotatable bonds is 5. The van der Waals surface area contributed by atoms with Gasteiger partial charge in [-0.1, -0.05) is 0 Å². The second-order valence-corrected chi connectivity index (χ2v) is 11.2. The minimum atomic E-state index is 0.0642. The third-order valence-corrected chi connectivity index (χ3v) is 7.01. The smallest absolute Gasteiger partial charge is 0.151 e. The molecule has 1 N–H and O–H groups in total. The van der Waals surface area contributed by atoms with Gasteiger partial charge in [-0.25, -0.2) is 4.98 Å². The van der Waals surface area contributed by atoms with Crippen molar-refractivity contribution in [2.75, 3.05) is 19.1 Å². The van der Waals surface area contributed by atoms with Crippen LogP contribution in [0, 0.1) is 0 Å². The maximum absolute atomic E-state index is 5.70. The van der Waals surface area contributed by atoms with E-state index >= 15 is 0 Å². The molecule has 0 aliphatic carbocycles. The van der Waals surface area contributed by atoms with Gasteiger partial charge in [0.2, 0.25) is 0 Å². The maximum atomic E-state index is 5.70. The lowest BCUT2D eigenvalue weighted by Gasteiger charge is -2.49. The average molecular weight is 486 g/mol. The third kappa shape index (κ3) is 4.78. The van der Waals surface area contributed by atoms with Crippen molar-refractivity contribution >= 4 is 16.7 Å². The predicted octanol–water partition coefficient (Wildman–Crippen LogP) is 4.85. The molecule has 0 bridgehead atoms. The summed E-state index contributed by atoms with van der Waals surface area (Å²) in [5.74, 6) is 1.59. The highest BCUT2D eigenvalue weighted by Gasteiger charge is 2.39. The number of hydrogen-bond acceptors (Lipinski definition) is 7. The molecule has 1 fully saturated rings. The standard InChI is InChI=1S/C28H35N7O/c1-27(2)13-20(14-28(3,4)33-27)35(6)26-9-8-22(31-32-26)21-11-18-10-19(24-16-34(5)17-30-24)15-29-23(18)12-25(21)36-7/h8-12,15-17,20,33H,13-14H2,1-7H3. The number of hydrogen-bond donors (Lipinski definition) is 1. The fourth-order valence-corrected chi connectivity index (χ4v) is 5.61. The number of ether oxygens (including phenoxy) is 1. The Bertz CT molecular complexity index is 1380. The molecule has 36 heavy (non-hydrogen) atoms. The zero-order valence-corrected chi connectivity index (χ0v) is 22.2. The molecule has 0 amide bonds. The van der Waals surface area contributed by atoms with Crippen LogP contribution in [0.3, 0.4) is 0 Å². The van der Waals surface area contributed by atoms with Crippen LogP contribution < -0.4 is 15.0 Å². The maximum Gasteiger partial charge on any atom is 0.151 e. The summed E-state index contributed by atoms with van der Waals surface area (Å²) >= 11 is 0. The van der Waals surface area contributed by atoms with Crippen molar-refractivity contribution in [1.29, 1.82) is 0 Å². The highest BCUT2D eigenvalue weighted by Crippen LogP contribution is 2.35. The number of fused-ring (bicyclic) bond motifs is 1. The average Bonchev–Trinajstić information content (AvgIpc) is 3.26. The van der Waals surface area contributed by atoms with Gasteiger partial charge in [-0.3, -0.25) is 4.98 Å². The third-order valence-electron chi connectivity index (χ3n) is 7.01. The Morgan fingerprint density at radius 1 is 1.00 bits per heavy atom. The molecule has 0 spiro atoms. The van der Waals surface area contributed by atoms with Crippen molar-refractivity contribution in [2.24, 2.45) is 7.05 Å². The molecular weight excluding hydrogens is 450 g/mol. The normalized spacial score (nSPS) is 17.3. The molecule has 0 unspecified atom stereocenters. The monoisotopic (exact) mass is 485 g/mol. The van der Waals surface area contributed by atoms with E-state index in [-0.39, 0.29) is 11.1 Å². The Morgan fingerprint density at radius 3 is 2.36 bits per heavy atom. The van der Waals surface area contributed by atoms with Crippen molar-refractivity contribution < 1.29 is 4.74 Å². The molecule has 4 heterocycles. The number of methoxy groups -OCH3 is 1. The zero-order chi connectivity index (χ0) is 25.7. The van der Waals surface area contributed by atoms with Crippen LogP contribution in [0.1, 0.15) is 40.5 Å². The molecule has 188 valence electrons. The quantitative estimate of drug-likeness (QED) is 0.433. The lowest BCUT2D eigenvalue weighted by atomic mass is 9.79. The minimum Gasteiger partial charge on any atom is -0.496 e. The van der Waals surface area contributed by atoms with Gasteiger partial charge in [0.25, 0.3) is 0 Å². The van der Waals surface area contributed by atoms with Crippen LogP contribution in [0.2, 0.25) is 0 Å². The van der Waals surface area contributed by atoms with Crippen LogP contribution in [0.25, 0.3) is 33.4 Å². The second kappa shape index (κ2) is 8.85. The van der Waals surface area contributed by atoms with Crippen LogP contribution in [-0.2, 0) is 7.05 Å². The van der Waals surface area contributed by atoms with Gasteiger partial charge in [0.15, 0.2) is 5.82 Å². The van der Waals surface area contributed by atoms with Gasteiger partial charge in [0.1, 0.15) is 5.75 Å². The lowest BCUT2D eigenvalue weighted by molar-refractivity contribution is 0.160. The van der Waals surface area contributed by atoms with E-state index < -0.39 is 0 Å². The molecule has 5 rings (SSSR count). The second-order valence-electron chi connectivity index (χ2n) is 11.2. The summed E-state index contributed by atoms with van der Waals surface area (Å²) in [6, 6.07) is 10.6. The number of benzene rings is 1. The van der Waals surface area contributed by atoms with E-state index in [1.54, 1.807) is 13.4 Å². The SMILES string of the molecule is COc1cc2ncc(-c3cn(C)cn3)cc2cc1-c1ccc(N(C)C2CC(C)(C)NC(C)(C)C2)nn1. The van der Waals surface area contributed by atoms with E-state index in [0.29, 0.717) is 6.04 Å². The van der Waals surface area contributed by atoms with E-state index in [9.17, 15) is 0 Å². The number of piperidine rings is 1. The van der Waals surface area contributed by atoms with Gasteiger partial charge in [0, 0.05) is 66.2 Å². The van der Waals surface area contributed by atoms with Crippen LogP contribution in [-0.4, -0.2) is 56.0 Å². The molecule has 8 heteroatoms. The van der Waals surface area contributed by atoms with E-state index in [0.717, 1.165) is 57.8 Å². The molecule has 1 saturated heterocycles. The summed E-state index contributed by atoms with van der Waals surface area (Å²) in [6.45, 7) is 9.07. The van der Waals surface area contributed by atoms with E-state index in [4.69, 9.17) is 4.74 Å². The molecule has 3 aromatic heterocycles. The number of aryl methyl sites for hydroxylation is 1. The Morgan fingerprint density at radius 2 is 1.75 bits per heavy atom. The fraction of sp³-hybridized carbons (Fsp3) is 0.429. The number of pyridine rings is 1. The molecular formula is C28H35N7O. The van der Waals surface area contributed by atoms with Crippen LogP contribution in [0.15, 0.2) is 49.1 Å². The molecule has 0 radical (unpaired) electrons. The van der Waals surface area contributed by atoms with Crippen LogP contribution in [0.5, 0.6) is 5.75 Å². The van der Waals surface area contributed by atoms with Crippen molar-refractivity contribution in [3.05, 3.63) is 49.1 Å². The first kappa shape index (κ1) is 24.2. The zero-order valence-electron chi connectivity index (χ0n) is 22.2. The van der Waals surface area contributed by atoms with Gasteiger partial charge in [-0.2, -0.15) is 0 Å². The van der Waals surface area contributed by atoms with E-state index in [2.05, 4.69) is 83.3 Å². The van der Waals surface area contributed by atoms with Gasteiger partial charge in [-0.05, 0) is 64.8 Å². The number of imidazole rings is 1. The van der Waals surface area contributed by atoms with E-state index in [1.807, 2.05) is 36.1 Å². The summed E-state index contributed by atoms with van der Waals surface area (Å²) in [6.07, 6.45) is 7.70. The summed E-state index contributed by atoms with van der Waals surface area (Å²) < 4.78 is 7.63. The van der Waals surface area contributed by atoms with Gasteiger partial charge in [-0.15, -0.1) is 10.2 Å². The molecule has 0 atom stereocenters. The fourth-order valence-electron chi connectivity index (χ4n) is 5.61. The number of anilines is 1. The number of nitrogens with one attached hydrogen (secondary N) is 1. The Labute approximate surface area is 212 Å². The van der Waals surface area contributed by atoms with Crippen molar-refractivity contribution in [1.82, 2.24) is 30.0 Å². The topological polar surface area (TPSA) is 81.0 Å².